The third kappa shape index (κ3) is 2.88. The Morgan fingerprint density at radius 2 is 1.85 bits per heavy atom. The Bertz CT molecular complexity index is 449. The van der Waals surface area contributed by atoms with E-state index in [0.717, 1.165) is 45.3 Å². The standard InChI is InChI=1S/C17H23NO2/c19-16-17(10-14-20-16)8-12-18(13-9-17)11-4-7-15-5-2-1-3-6-15/h1-3,5-6H,4,7-14H2. The Kier molecular flexibility index (Phi) is 4.06. The highest BCUT2D eigenvalue weighted by Crippen LogP contribution is 2.40. The lowest BCUT2D eigenvalue weighted by molar-refractivity contribution is -0.148. The third-order valence-corrected chi connectivity index (χ3v) is 4.84. The molecule has 0 unspecified atom stereocenters. The molecule has 0 aromatic heterocycles. The van der Waals surface area contributed by atoms with Crippen molar-refractivity contribution in [2.45, 2.75) is 32.1 Å². The number of hydrogen-bond acceptors (Lipinski definition) is 3. The summed E-state index contributed by atoms with van der Waals surface area (Å²) in [5, 5.41) is 0. The van der Waals surface area contributed by atoms with Gasteiger partial charge in [-0.2, -0.15) is 0 Å². The number of benzene rings is 1. The summed E-state index contributed by atoms with van der Waals surface area (Å²) < 4.78 is 5.16. The summed E-state index contributed by atoms with van der Waals surface area (Å²) in [4.78, 5) is 14.3. The molecule has 3 heteroatoms. The number of rotatable bonds is 4. The van der Waals surface area contributed by atoms with E-state index in [9.17, 15) is 4.79 Å². The van der Waals surface area contributed by atoms with Gasteiger partial charge in [-0.3, -0.25) is 4.79 Å². The highest BCUT2D eigenvalue weighted by Gasteiger charge is 2.46. The number of ether oxygens (including phenoxy) is 1. The molecule has 0 atom stereocenters. The van der Waals surface area contributed by atoms with E-state index in [1.54, 1.807) is 0 Å². The highest BCUT2D eigenvalue weighted by molar-refractivity contribution is 5.78. The molecule has 20 heavy (non-hydrogen) atoms. The molecular formula is C17H23NO2. The summed E-state index contributed by atoms with van der Waals surface area (Å²) in [6, 6.07) is 10.7. The van der Waals surface area contributed by atoms with Gasteiger partial charge in [-0.15, -0.1) is 0 Å². The Balaban J connectivity index is 1.42. The number of cyclic esters (lactones) is 1. The maximum absolute atomic E-state index is 11.8. The quantitative estimate of drug-likeness (QED) is 0.790. The van der Waals surface area contributed by atoms with Crippen LogP contribution in [0.1, 0.15) is 31.2 Å². The van der Waals surface area contributed by atoms with E-state index >= 15 is 0 Å². The Morgan fingerprint density at radius 1 is 1.10 bits per heavy atom. The molecule has 108 valence electrons. The lowest BCUT2D eigenvalue weighted by Gasteiger charge is -2.36. The summed E-state index contributed by atoms with van der Waals surface area (Å²) in [5.41, 5.74) is 1.29. The lowest BCUT2D eigenvalue weighted by Crippen LogP contribution is -2.42. The second kappa shape index (κ2) is 5.96. The van der Waals surface area contributed by atoms with E-state index in [1.807, 2.05) is 0 Å². The van der Waals surface area contributed by atoms with Crippen LogP contribution >= 0.6 is 0 Å². The van der Waals surface area contributed by atoms with Gasteiger partial charge >= 0.3 is 5.97 Å². The van der Waals surface area contributed by atoms with Crippen LogP contribution < -0.4 is 0 Å². The van der Waals surface area contributed by atoms with Crippen molar-refractivity contribution in [1.82, 2.24) is 4.90 Å². The first-order valence-electron chi connectivity index (χ1n) is 7.72. The van der Waals surface area contributed by atoms with Gasteiger partial charge in [0.25, 0.3) is 0 Å². The monoisotopic (exact) mass is 273 g/mol. The van der Waals surface area contributed by atoms with Gasteiger partial charge < -0.3 is 9.64 Å². The molecule has 1 aromatic rings. The normalized spacial score (nSPS) is 22.1. The predicted octanol–water partition coefficient (Wildman–Crippen LogP) is 2.65. The molecule has 2 heterocycles. The average Bonchev–Trinajstić information content (AvgIpc) is 2.84. The minimum absolute atomic E-state index is 0.0569. The van der Waals surface area contributed by atoms with Crippen LogP contribution in [0.15, 0.2) is 30.3 Å². The number of esters is 1. The molecule has 0 radical (unpaired) electrons. The second-order valence-electron chi connectivity index (χ2n) is 6.10. The first-order valence-corrected chi connectivity index (χ1v) is 7.72. The van der Waals surface area contributed by atoms with E-state index in [1.165, 1.54) is 12.0 Å². The molecule has 1 spiro atoms. The van der Waals surface area contributed by atoms with Crippen molar-refractivity contribution in [3.05, 3.63) is 35.9 Å². The topological polar surface area (TPSA) is 29.5 Å². The molecule has 0 amide bonds. The van der Waals surface area contributed by atoms with E-state index < -0.39 is 0 Å². The van der Waals surface area contributed by atoms with Crippen LogP contribution in [0, 0.1) is 5.41 Å². The molecule has 2 fully saturated rings. The van der Waals surface area contributed by atoms with Crippen LogP contribution in [0.2, 0.25) is 0 Å². The van der Waals surface area contributed by atoms with Gasteiger partial charge in [0, 0.05) is 0 Å². The van der Waals surface area contributed by atoms with Gasteiger partial charge in [0.2, 0.25) is 0 Å². The molecule has 2 saturated heterocycles. The maximum atomic E-state index is 11.8. The average molecular weight is 273 g/mol. The number of nitrogens with zero attached hydrogens (tertiary/aromatic N) is 1. The fourth-order valence-corrected chi connectivity index (χ4v) is 3.40. The zero-order valence-corrected chi connectivity index (χ0v) is 12.0. The Hall–Kier alpha value is -1.35. The van der Waals surface area contributed by atoms with Crippen molar-refractivity contribution in [2.24, 2.45) is 5.41 Å². The number of carbonyl (C=O) groups is 1. The molecule has 1 aromatic carbocycles. The fraction of sp³-hybridized carbons (Fsp3) is 0.588. The maximum Gasteiger partial charge on any atom is 0.312 e. The number of likely N-dealkylation sites (tertiary alicyclic amines) is 1. The van der Waals surface area contributed by atoms with E-state index in [2.05, 4.69) is 35.2 Å². The molecule has 0 saturated carbocycles. The summed E-state index contributed by atoms with van der Waals surface area (Å²) >= 11 is 0. The number of piperidine rings is 1. The van der Waals surface area contributed by atoms with Crippen molar-refractivity contribution >= 4 is 5.97 Å². The van der Waals surface area contributed by atoms with Gasteiger partial charge in [0.15, 0.2) is 0 Å². The van der Waals surface area contributed by atoms with E-state index in [-0.39, 0.29) is 11.4 Å². The summed E-state index contributed by atoms with van der Waals surface area (Å²) in [7, 11) is 0. The van der Waals surface area contributed by atoms with Crippen LogP contribution in [0.5, 0.6) is 0 Å². The van der Waals surface area contributed by atoms with Gasteiger partial charge in [-0.05, 0) is 57.3 Å². The summed E-state index contributed by atoms with van der Waals surface area (Å²) in [6.45, 7) is 3.86. The van der Waals surface area contributed by atoms with Crippen LogP contribution in [-0.2, 0) is 16.0 Å². The molecule has 3 rings (SSSR count). The van der Waals surface area contributed by atoms with Crippen LogP contribution in [0.4, 0.5) is 0 Å². The first-order chi connectivity index (χ1) is 9.78. The van der Waals surface area contributed by atoms with Gasteiger partial charge in [-0.25, -0.2) is 0 Å². The highest BCUT2D eigenvalue weighted by atomic mass is 16.5. The minimum Gasteiger partial charge on any atom is -0.465 e. The van der Waals surface area contributed by atoms with Gasteiger partial charge in [-0.1, -0.05) is 30.3 Å². The summed E-state index contributed by atoms with van der Waals surface area (Å²) in [6.07, 6.45) is 5.24. The van der Waals surface area contributed by atoms with Gasteiger partial charge in [0.05, 0.1) is 12.0 Å². The van der Waals surface area contributed by atoms with E-state index in [4.69, 9.17) is 4.74 Å². The van der Waals surface area contributed by atoms with Gasteiger partial charge in [0.1, 0.15) is 0 Å². The van der Waals surface area contributed by atoms with Crippen molar-refractivity contribution in [1.29, 1.82) is 0 Å². The molecule has 0 aliphatic carbocycles. The van der Waals surface area contributed by atoms with Crippen LogP contribution in [-0.4, -0.2) is 37.1 Å². The largest absolute Gasteiger partial charge is 0.465 e. The minimum atomic E-state index is -0.129. The SMILES string of the molecule is O=C1OCCC12CCN(CCCc1ccccc1)CC2. The van der Waals surface area contributed by atoms with Crippen molar-refractivity contribution in [2.75, 3.05) is 26.2 Å². The molecular weight excluding hydrogens is 250 g/mol. The molecule has 2 aliphatic heterocycles. The van der Waals surface area contributed by atoms with Crippen molar-refractivity contribution < 1.29 is 9.53 Å². The third-order valence-electron chi connectivity index (χ3n) is 4.84. The number of hydrogen-bond donors (Lipinski definition) is 0. The smallest absolute Gasteiger partial charge is 0.312 e. The van der Waals surface area contributed by atoms with Crippen molar-refractivity contribution in [3.63, 3.8) is 0 Å². The molecule has 3 nitrogen and oxygen atoms in total. The second-order valence-corrected chi connectivity index (χ2v) is 6.10. The first kappa shape index (κ1) is 13.6. The number of carbonyl (C=O) groups excluding carboxylic acids is 1. The zero-order valence-electron chi connectivity index (χ0n) is 12.0. The molecule has 0 bridgehead atoms. The molecule has 0 N–H and O–H groups in total. The number of aryl methyl sites for hydroxylation is 1. The van der Waals surface area contributed by atoms with E-state index in [0.29, 0.717) is 6.61 Å². The molecule has 2 aliphatic rings. The Labute approximate surface area is 120 Å². The fourth-order valence-electron chi connectivity index (χ4n) is 3.40. The Morgan fingerprint density at radius 3 is 2.50 bits per heavy atom. The van der Waals surface area contributed by atoms with Crippen molar-refractivity contribution in [3.8, 4) is 0 Å². The zero-order chi connectivity index (χ0) is 13.8. The summed E-state index contributed by atoms with van der Waals surface area (Å²) in [5.74, 6) is 0.0569. The lowest BCUT2D eigenvalue weighted by atomic mass is 9.77. The van der Waals surface area contributed by atoms with Crippen LogP contribution in [0.3, 0.4) is 0 Å². The predicted molar refractivity (Wildman–Crippen MR) is 78.4 cm³/mol. The van der Waals surface area contributed by atoms with Crippen LogP contribution in [0.25, 0.3) is 0 Å².